The van der Waals surface area contributed by atoms with Crippen LogP contribution in [0.1, 0.15) is 47.5 Å². The molecule has 0 bridgehead atoms. The predicted octanol–water partition coefficient (Wildman–Crippen LogP) is 1.58. The summed E-state index contributed by atoms with van der Waals surface area (Å²) in [6.07, 6.45) is 1.66. The molecule has 0 aromatic rings. The molecule has 116 valence electrons. The Morgan fingerprint density at radius 1 is 1.11 bits per heavy atom. The summed E-state index contributed by atoms with van der Waals surface area (Å²) >= 11 is 0. The van der Waals surface area contributed by atoms with Gasteiger partial charge < -0.3 is 5.32 Å². The van der Waals surface area contributed by atoms with Crippen LogP contribution in [0, 0.1) is 5.92 Å². The Labute approximate surface area is 119 Å². The number of nitrogens with zero attached hydrogens (tertiary/aromatic N) is 1. The van der Waals surface area contributed by atoms with E-state index in [9.17, 15) is 8.42 Å². The van der Waals surface area contributed by atoms with Crippen LogP contribution in [0.25, 0.3) is 0 Å². The van der Waals surface area contributed by atoms with Crippen molar-refractivity contribution in [2.45, 2.75) is 59.5 Å². The smallest absolute Gasteiger partial charge is 0.279 e. The third-order valence-corrected chi connectivity index (χ3v) is 4.49. The molecule has 0 spiro atoms. The molecule has 0 aromatic heterocycles. The highest BCUT2D eigenvalue weighted by Crippen LogP contribution is 2.06. The first-order chi connectivity index (χ1) is 8.65. The van der Waals surface area contributed by atoms with Crippen LogP contribution in [0.2, 0.25) is 0 Å². The van der Waals surface area contributed by atoms with E-state index in [1.165, 1.54) is 4.31 Å². The van der Waals surface area contributed by atoms with Crippen molar-refractivity contribution in [3.8, 4) is 0 Å². The van der Waals surface area contributed by atoms with Gasteiger partial charge in [-0.25, -0.2) is 0 Å². The number of hydrogen-bond donors (Lipinski definition) is 2. The Morgan fingerprint density at radius 3 is 2.16 bits per heavy atom. The molecule has 19 heavy (non-hydrogen) atoms. The van der Waals surface area contributed by atoms with E-state index in [0.29, 0.717) is 18.5 Å². The normalized spacial score (nSPS) is 14.6. The van der Waals surface area contributed by atoms with E-state index in [2.05, 4.69) is 37.7 Å². The second-order valence-electron chi connectivity index (χ2n) is 5.94. The molecule has 0 aliphatic heterocycles. The summed E-state index contributed by atoms with van der Waals surface area (Å²) in [6.45, 7) is 11.6. The van der Waals surface area contributed by atoms with Gasteiger partial charge in [0.25, 0.3) is 10.2 Å². The van der Waals surface area contributed by atoms with Gasteiger partial charge in [-0.2, -0.15) is 17.4 Å². The number of nitrogens with one attached hydrogen (secondary N) is 2. The monoisotopic (exact) mass is 293 g/mol. The van der Waals surface area contributed by atoms with E-state index in [-0.39, 0.29) is 6.04 Å². The van der Waals surface area contributed by atoms with Gasteiger partial charge >= 0.3 is 0 Å². The molecule has 1 unspecified atom stereocenters. The first-order valence-corrected chi connectivity index (χ1v) is 8.56. The van der Waals surface area contributed by atoms with Crippen molar-refractivity contribution in [1.29, 1.82) is 0 Å². The van der Waals surface area contributed by atoms with Crippen LogP contribution >= 0.6 is 0 Å². The fraction of sp³-hybridized carbons (Fsp3) is 1.00. The van der Waals surface area contributed by atoms with E-state index in [0.717, 1.165) is 19.4 Å². The van der Waals surface area contributed by atoms with Gasteiger partial charge in [-0.05, 0) is 32.2 Å². The van der Waals surface area contributed by atoms with Gasteiger partial charge in [0.2, 0.25) is 0 Å². The zero-order valence-electron chi connectivity index (χ0n) is 13.2. The van der Waals surface area contributed by atoms with Gasteiger partial charge in [0.15, 0.2) is 0 Å². The lowest BCUT2D eigenvalue weighted by Crippen LogP contribution is -2.43. The van der Waals surface area contributed by atoms with Crippen molar-refractivity contribution in [2.75, 3.05) is 20.1 Å². The van der Waals surface area contributed by atoms with Crippen LogP contribution < -0.4 is 10.0 Å². The van der Waals surface area contributed by atoms with Crippen molar-refractivity contribution in [1.82, 2.24) is 14.3 Å². The Bertz CT molecular complexity index is 329. The minimum Gasteiger partial charge on any atom is -0.314 e. The van der Waals surface area contributed by atoms with Gasteiger partial charge in [-0.15, -0.1) is 0 Å². The number of hydrogen-bond acceptors (Lipinski definition) is 3. The Morgan fingerprint density at radius 2 is 1.68 bits per heavy atom. The third kappa shape index (κ3) is 9.38. The second kappa shape index (κ2) is 8.89. The summed E-state index contributed by atoms with van der Waals surface area (Å²) < 4.78 is 28.2. The fourth-order valence-electron chi connectivity index (χ4n) is 1.91. The van der Waals surface area contributed by atoms with Crippen molar-refractivity contribution in [2.24, 2.45) is 5.92 Å². The highest BCUT2D eigenvalue weighted by atomic mass is 32.2. The van der Waals surface area contributed by atoms with E-state index in [1.807, 2.05) is 6.92 Å². The lowest BCUT2D eigenvalue weighted by molar-refractivity contribution is 0.420. The zero-order chi connectivity index (χ0) is 15.1. The van der Waals surface area contributed by atoms with Crippen molar-refractivity contribution >= 4 is 10.2 Å². The maximum atomic E-state index is 12.0. The van der Waals surface area contributed by atoms with Crippen LogP contribution in [-0.4, -0.2) is 44.9 Å². The third-order valence-electron chi connectivity index (χ3n) is 2.79. The van der Waals surface area contributed by atoms with Gasteiger partial charge in [0, 0.05) is 25.7 Å². The van der Waals surface area contributed by atoms with Crippen LogP contribution in [0.5, 0.6) is 0 Å². The van der Waals surface area contributed by atoms with Crippen molar-refractivity contribution in [3.05, 3.63) is 0 Å². The molecule has 0 heterocycles. The van der Waals surface area contributed by atoms with Gasteiger partial charge in [-0.3, -0.25) is 0 Å². The summed E-state index contributed by atoms with van der Waals surface area (Å²) in [5.74, 6) is 0.484. The lowest BCUT2D eigenvalue weighted by atomic mass is 10.1. The van der Waals surface area contributed by atoms with Crippen LogP contribution in [-0.2, 0) is 10.2 Å². The second-order valence-corrected chi connectivity index (χ2v) is 7.75. The van der Waals surface area contributed by atoms with E-state index >= 15 is 0 Å². The van der Waals surface area contributed by atoms with Gasteiger partial charge in [0.1, 0.15) is 0 Å². The number of rotatable bonds is 10. The molecule has 0 aromatic carbocycles. The summed E-state index contributed by atoms with van der Waals surface area (Å²) in [5.41, 5.74) is 0. The van der Waals surface area contributed by atoms with Crippen molar-refractivity contribution < 1.29 is 8.42 Å². The average Bonchev–Trinajstić information content (AvgIpc) is 2.21. The molecule has 0 rings (SSSR count). The van der Waals surface area contributed by atoms with E-state index in [1.54, 1.807) is 7.05 Å². The largest absolute Gasteiger partial charge is 0.314 e. The minimum absolute atomic E-state index is 0.0266. The molecule has 2 N–H and O–H groups in total. The fourth-order valence-corrected chi connectivity index (χ4v) is 3.07. The molecule has 0 saturated carbocycles. The molecule has 6 heteroatoms. The molecule has 0 radical (unpaired) electrons. The van der Waals surface area contributed by atoms with Crippen LogP contribution in [0.3, 0.4) is 0 Å². The SMILES string of the molecule is CC(C)CC(C)NS(=O)(=O)N(C)CCCNC(C)C. The Hall–Kier alpha value is -0.170. The molecular weight excluding hydrogens is 262 g/mol. The molecule has 0 fully saturated rings. The summed E-state index contributed by atoms with van der Waals surface area (Å²) in [6, 6.07) is 0.410. The average molecular weight is 293 g/mol. The van der Waals surface area contributed by atoms with E-state index < -0.39 is 10.2 Å². The highest BCUT2D eigenvalue weighted by molar-refractivity contribution is 7.87. The molecule has 0 aliphatic rings. The first-order valence-electron chi connectivity index (χ1n) is 7.12. The minimum atomic E-state index is -3.35. The highest BCUT2D eigenvalue weighted by Gasteiger charge is 2.20. The molecule has 0 saturated heterocycles. The Balaban J connectivity index is 4.10. The maximum Gasteiger partial charge on any atom is 0.279 e. The molecular formula is C13H31N3O2S. The lowest BCUT2D eigenvalue weighted by Gasteiger charge is -2.22. The molecule has 1 atom stereocenters. The quantitative estimate of drug-likeness (QED) is 0.601. The first kappa shape index (κ1) is 18.8. The van der Waals surface area contributed by atoms with Gasteiger partial charge in [0.05, 0.1) is 0 Å². The summed E-state index contributed by atoms with van der Waals surface area (Å²) in [4.78, 5) is 0. The predicted molar refractivity (Wildman–Crippen MR) is 81.4 cm³/mol. The molecule has 0 amide bonds. The molecule has 5 nitrogen and oxygen atoms in total. The van der Waals surface area contributed by atoms with E-state index in [4.69, 9.17) is 0 Å². The van der Waals surface area contributed by atoms with Crippen LogP contribution in [0.15, 0.2) is 0 Å². The van der Waals surface area contributed by atoms with Crippen LogP contribution in [0.4, 0.5) is 0 Å². The summed E-state index contributed by atoms with van der Waals surface area (Å²) in [5, 5.41) is 3.28. The summed E-state index contributed by atoms with van der Waals surface area (Å²) in [7, 11) is -1.73. The van der Waals surface area contributed by atoms with Gasteiger partial charge in [-0.1, -0.05) is 27.7 Å². The Kier molecular flexibility index (Phi) is 8.81. The topological polar surface area (TPSA) is 61.4 Å². The molecule has 0 aliphatic carbocycles. The standard InChI is InChI=1S/C13H31N3O2S/c1-11(2)10-13(5)15-19(17,18)16(6)9-7-8-14-12(3)4/h11-15H,7-10H2,1-6H3. The van der Waals surface area contributed by atoms with Crippen molar-refractivity contribution in [3.63, 3.8) is 0 Å². The maximum absolute atomic E-state index is 12.0. The zero-order valence-corrected chi connectivity index (χ0v) is 14.0.